The molecule has 0 fully saturated rings. The van der Waals surface area contributed by atoms with Gasteiger partial charge in [-0.25, -0.2) is 0 Å². The highest BCUT2D eigenvalue weighted by Gasteiger charge is 2.32. The third-order valence-corrected chi connectivity index (χ3v) is 4.47. The lowest BCUT2D eigenvalue weighted by atomic mass is 9.92. The molecule has 1 N–H and O–H groups in total. The van der Waals surface area contributed by atoms with Crippen LogP contribution in [0.15, 0.2) is 53.2 Å². The molecule has 5 nitrogen and oxygen atoms in total. The van der Waals surface area contributed by atoms with Crippen LogP contribution in [0.5, 0.6) is 5.75 Å². The minimum atomic E-state index is -0.662. The van der Waals surface area contributed by atoms with Crippen molar-refractivity contribution in [3.63, 3.8) is 0 Å². The zero-order valence-corrected chi connectivity index (χ0v) is 15.3. The van der Waals surface area contributed by atoms with E-state index in [0.717, 1.165) is 0 Å². The number of carbonyl (C=O) groups is 3. The van der Waals surface area contributed by atoms with Gasteiger partial charge in [0.25, 0.3) is 5.91 Å². The lowest BCUT2D eigenvalue weighted by Crippen LogP contribution is -2.35. The van der Waals surface area contributed by atoms with Crippen molar-refractivity contribution in [1.29, 1.82) is 0 Å². The van der Waals surface area contributed by atoms with E-state index in [4.69, 9.17) is 39.5 Å². The molecule has 3 rings (SSSR count). The predicted molar refractivity (Wildman–Crippen MR) is 98.1 cm³/mol. The summed E-state index contributed by atoms with van der Waals surface area (Å²) in [7, 11) is 0. The van der Waals surface area contributed by atoms with Crippen molar-refractivity contribution in [2.45, 2.75) is 0 Å². The number of hydrogen-bond donors (Lipinski definition) is 1. The summed E-state index contributed by atoms with van der Waals surface area (Å²) in [5, 5.41) is 2.66. The molecule has 2 aromatic rings. The number of benzene rings is 2. The highest BCUT2D eigenvalue weighted by Crippen LogP contribution is 2.28. The Balaban J connectivity index is 1.74. The molecule has 132 valence electrons. The van der Waals surface area contributed by atoms with Gasteiger partial charge in [0.05, 0.1) is 5.02 Å². The second-order valence-electron chi connectivity index (χ2n) is 5.30. The van der Waals surface area contributed by atoms with Crippen LogP contribution in [0.4, 0.5) is 0 Å². The van der Waals surface area contributed by atoms with E-state index in [1.54, 1.807) is 18.2 Å². The van der Waals surface area contributed by atoms with Gasteiger partial charge < -0.3 is 10.1 Å². The first kappa shape index (κ1) is 18.5. The van der Waals surface area contributed by atoms with Crippen molar-refractivity contribution in [3.05, 3.63) is 74.4 Å². The third-order valence-electron chi connectivity index (χ3n) is 3.58. The first-order chi connectivity index (χ1) is 12.4. The fraction of sp³-hybridized carbons (Fsp3) is 0.0556. The number of carbonyl (C=O) groups excluding carboxylic acids is 3. The van der Waals surface area contributed by atoms with E-state index in [1.165, 1.54) is 24.3 Å². The lowest BCUT2D eigenvalue weighted by Gasteiger charge is -2.18. The van der Waals surface area contributed by atoms with Crippen molar-refractivity contribution in [2.24, 2.45) is 0 Å². The molecule has 0 spiro atoms. The van der Waals surface area contributed by atoms with Crippen LogP contribution < -0.4 is 10.1 Å². The molecule has 26 heavy (non-hydrogen) atoms. The summed E-state index contributed by atoms with van der Waals surface area (Å²) in [6.45, 7) is -0.432. The van der Waals surface area contributed by atoms with E-state index in [-0.39, 0.29) is 32.6 Å². The number of Topliss-reactive ketones (excluding diaryl/α,β-unsaturated/α-hetero) is 2. The Hall–Kier alpha value is -2.34. The summed E-state index contributed by atoms with van der Waals surface area (Å²) in [5.74, 6) is -1.48. The zero-order valence-electron chi connectivity index (χ0n) is 13.0. The average molecular weight is 411 g/mol. The molecule has 0 saturated heterocycles. The van der Waals surface area contributed by atoms with E-state index in [9.17, 15) is 14.4 Å². The number of nitrogens with one attached hydrogen (secondary N) is 1. The largest absolute Gasteiger partial charge is 0.482 e. The summed E-state index contributed by atoms with van der Waals surface area (Å²) >= 11 is 17.7. The molecular weight excluding hydrogens is 401 g/mol. The highest BCUT2D eigenvalue weighted by atomic mass is 35.5. The summed E-state index contributed by atoms with van der Waals surface area (Å²) < 4.78 is 5.30. The quantitative estimate of drug-likeness (QED) is 0.826. The maximum atomic E-state index is 12.5. The lowest BCUT2D eigenvalue weighted by molar-refractivity contribution is -0.122. The fourth-order valence-corrected chi connectivity index (χ4v) is 3.07. The molecule has 1 amide bonds. The number of ether oxygens (including phenoxy) is 1. The molecular formula is C18H10Cl3NO4. The molecule has 0 atom stereocenters. The van der Waals surface area contributed by atoms with Gasteiger partial charge in [-0.1, -0.05) is 59.1 Å². The van der Waals surface area contributed by atoms with Gasteiger partial charge in [0.1, 0.15) is 16.5 Å². The molecule has 0 aromatic heterocycles. The van der Waals surface area contributed by atoms with Crippen LogP contribution in [0.25, 0.3) is 0 Å². The van der Waals surface area contributed by atoms with Gasteiger partial charge in [0, 0.05) is 16.1 Å². The maximum Gasteiger partial charge on any atom is 0.262 e. The van der Waals surface area contributed by atoms with Crippen LogP contribution >= 0.6 is 34.8 Å². The Bertz CT molecular complexity index is 969. The molecule has 0 radical (unpaired) electrons. The average Bonchev–Trinajstić information content (AvgIpc) is 2.62. The standard InChI is InChI=1S/C18H10Cl3NO4/c19-9-5-6-13(12(20)7-9)26-8-14(23)22-16-15(21)17(24)10-3-1-2-4-11(10)18(16)25/h1-7H,8H2,(H,22,23). The number of hydrogen-bond acceptors (Lipinski definition) is 4. The minimum absolute atomic E-state index is 0.180. The monoisotopic (exact) mass is 409 g/mol. The van der Waals surface area contributed by atoms with Gasteiger partial charge in [0.2, 0.25) is 11.6 Å². The Morgan fingerprint density at radius 2 is 1.62 bits per heavy atom. The second-order valence-corrected chi connectivity index (χ2v) is 6.53. The van der Waals surface area contributed by atoms with Gasteiger partial charge in [-0.2, -0.15) is 0 Å². The molecule has 1 aliphatic rings. The number of ketones is 2. The number of allylic oxidation sites excluding steroid dienone is 2. The number of rotatable bonds is 4. The maximum absolute atomic E-state index is 12.5. The smallest absolute Gasteiger partial charge is 0.262 e. The third kappa shape index (κ3) is 3.60. The van der Waals surface area contributed by atoms with Crippen LogP contribution in [0.1, 0.15) is 20.7 Å². The van der Waals surface area contributed by atoms with E-state index in [1.807, 2.05) is 0 Å². The van der Waals surface area contributed by atoms with E-state index < -0.39 is 24.1 Å². The number of halogens is 3. The molecule has 8 heteroatoms. The Morgan fingerprint density at radius 3 is 2.27 bits per heavy atom. The molecule has 0 heterocycles. The van der Waals surface area contributed by atoms with E-state index in [0.29, 0.717) is 5.02 Å². The van der Waals surface area contributed by atoms with Crippen molar-refractivity contribution >= 4 is 52.3 Å². The molecule has 0 unspecified atom stereocenters. The topological polar surface area (TPSA) is 72.5 Å². The van der Waals surface area contributed by atoms with Crippen molar-refractivity contribution < 1.29 is 19.1 Å². The minimum Gasteiger partial charge on any atom is -0.482 e. The van der Waals surface area contributed by atoms with Gasteiger partial charge in [-0.3, -0.25) is 14.4 Å². The second kappa shape index (κ2) is 7.50. The molecule has 2 aromatic carbocycles. The number of amides is 1. The van der Waals surface area contributed by atoms with Crippen molar-refractivity contribution in [2.75, 3.05) is 6.61 Å². The molecule has 0 aliphatic heterocycles. The van der Waals surface area contributed by atoms with Gasteiger partial charge >= 0.3 is 0 Å². The SMILES string of the molecule is O=C(COc1ccc(Cl)cc1Cl)NC1=C(Cl)C(=O)c2ccccc2C1=O. The summed E-state index contributed by atoms with van der Waals surface area (Å²) in [5.41, 5.74) is 0.106. The highest BCUT2D eigenvalue weighted by molar-refractivity contribution is 6.50. The summed E-state index contributed by atoms with van der Waals surface area (Å²) in [6.07, 6.45) is 0. The fourth-order valence-electron chi connectivity index (χ4n) is 2.37. The van der Waals surface area contributed by atoms with Gasteiger partial charge in [-0.15, -0.1) is 0 Å². The van der Waals surface area contributed by atoms with Crippen LogP contribution in [0, 0.1) is 0 Å². The normalized spacial score (nSPS) is 13.5. The Labute approximate surface area is 163 Å². The van der Waals surface area contributed by atoms with Gasteiger partial charge in [-0.05, 0) is 18.2 Å². The summed E-state index contributed by atoms with van der Waals surface area (Å²) in [6, 6.07) is 10.8. The van der Waals surface area contributed by atoms with Crippen LogP contribution in [0.2, 0.25) is 10.0 Å². The van der Waals surface area contributed by atoms with Crippen LogP contribution in [-0.2, 0) is 4.79 Å². The van der Waals surface area contributed by atoms with Gasteiger partial charge in [0.15, 0.2) is 6.61 Å². The van der Waals surface area contributed by atoms with Crippen LogP contribution in [0.3, 0.4) is 0 Å². The van der Waals surface area contributed by atoms with Crippen LogP contribution in [-0.4, -0.2) is 24.1 Å². The first-order valence-corrected chi connectivity index (χ1v) is 8.47. The number of fused-ring (bicyclic) bond motifs is 1. The van der Waals surface area contributed by atoms with Crippen molar-refractivity contribution in [1.82, 2.24) is 5.32 Å². The molecule has 0 bridgehead atoms. The molecule has 0 saturated carbocycles. The van der Waals surface area contributed by atoms with E-state index >= 15 is 0 Å². The Morgan fingerprint density at radius 1 is 0.962 bits per heavy atom. The first-order valence-electron chi connectivity index (χ1n) is 7.34. The van der Waals surface area contributed by atoms with Crippen molar-refractivity contribution in [3.8, 4) is 5.75 Å². The zero-order chi connectivity index (χ0) is 18.8. The predicted octanol–water partition coefficient (Wildman–Crippen LogP) is 4.02. The molecule has 1 aliphatic carbocycles. The summed E-state index contributed by atoms with van der Waals surface area (Å²) in [4.78, 5) is 36.9. The van der Waals surface area contributed by atoms with E-state index in [2.05, 4.69) is 5.32 Å². The Kier molecular flexibility index (Phi) is 5.32.